The number of hydrogen-bond acceptors (Lipinski definition) is 3. The van der Waals surface area contributed by atoms with Gasteiger partial charge in [0.25, 0.3) is 0 Å². The van der Waals surface area contributed by atoms with E-state index in [1.54, 1.807) is 0 Å². The lowest BCUT2D eigenvalue weighted by Crippen LogP contribution is -2.60. The molecule has 1 N–H and O–H groups in total. The summed E-state index contributed by atoms with van der Waals surface area (Å²) >= 11 is 6.33. The van der Waals surface area contributed by atoms with Crippen LogP contribution in [0.2, 0.25) is 0 Å². The molecular formula is C13H21ClO3. The molecule has 0 aromatic carbocycles. The average molecular weight is 261 g/mol. The van der Waals surface area contributed by atoms with Crippen molar-refractivity contribution >= 4 is 17.6 Å². The predicted octanol–water partition coefficient (Wildman–Crippen LogP) is 2.63. The van der Waals surface area contributed by atoms with Crippen LogP contribution in [0.15, 0.2) is 0 Å². The fourth-order valence-corrected chi connectivity index (χ4v) is 3.99. The van der Waals surface area contributed by atoms with Gasteiger partial charge in [-0.1, -0.05) is 13.3 Å². The maximum atomic E-state index is 11.0. The first-order chi connectivity index (χ1) is 7.87. The quantitative estimate of drug-likeness (QED) is 0.582. The predicted molar refractivity (Wildman–Crippen MR) is 66.0 cm³/mol. The second-order valence-electron chi connectivity index (χ2n) is 5.82. The lowest BCUT2D eigenvalue weighted by molar-refractivity contribution is -0.176. The van der Waals surface area contributed by atoms with E-state index in [2.05, 4.69) is 6.92 Å². The van der Waals surface area contributed by atoms with Gasteiger partial charge in [-0.3, -0.25) is 4.79 Å². The van der Waals surface area contributed by atoms with E-state index in [1.165, 1.54) is 6.92 Å². The summed E-state index contributed by atoms with van der Waals surface area (Å²) in [5.41, 5.74) is -1.00. The summed E-state index contributed by atoms with van der Waals surface area (Å²) in [6.07, 6.45) is 4.96. The molecular weight excluding hydrogens is 240 g/mol. The molecule has 2 aliphatic rings. The topological polar surface area (TPSA) is 46.5 Å². The van der Waals surface area contributed by atoms with Crippen LogP contribution in [0.3, 0.4) is 0 Å². The van der Waals surface area contributed by atoms with Crippen molar-refractivity contribution in [2.45, 2.75) is 69.5 Å². The Balaban J connectivity index is 2.16. The summed E-state index contributed by atoms with van der Waals surface area (Å²) in [6, 6.07) is 0. The van der Waals surface area contributed by atoms with E-state index in [0.29, 0.717) is 6.42 Å². The molecule has 0 amide bonds. The minimum atomic E-state index is -0.884. The van der Waals surface area contributed by atoms with Crippen LogP contribution in [0.5, 0.6) is 0 Å². The minimum absolute atomic E-state index is 0.117. The van der Waals surface area contributed by atoms with Gasteiger partial charge in [0.05, 0.1) is 11.0 Å². The largest absolute Gasteiger partial charge is 0.462 e. The highest BCUT2D eigenvalue weighted by Gasteiger charge is 2.57. The van der Waals surface area contributed by atoms with Crippen molar-refractivity contribution in [2.24, 2.45) is 5.41 Å². The lowest BCUT2D eigenvalue weighted by Gasteiger charge is -2.55. The maximum Gasteiger partial charge on any atom is 0.302 e. The van der Waals surface area contributed by atoms with E-state index in [1.807, 2.05) is 0 Å². The second-order valence-corrected chi connectivity index (χ2v) is 6.35. The molecule has 0 spiro atoms. The average Bonchev–Trinajstić information content (AvgIpc) is 2.22. The fourth-order valence-electron chi connectivity index (χ4n) is 3.48. The van der Waals surface area contributed by atoms with Crippen LogP contribution in [0.25, 0.3) is 0 Å². The van der Waals surface area contributed by atoms with Gasteiger partial charge in [0.15, 0.2) is 0 Å². The van der Waals surface area contributed by atoms with Gasteiger partial charge in [-0.25, -0.2) is 0 Å². The Morgan fingerprint density at radius 3 is 2.76 bits per heavy atom. The summed E-state index contributed by atoms with van der Waals surface area (Å²) in [7, 11) is 0. The zero-order valence-corrected chi connectivity index (χ0v) is 11.3. The molecule has 2 fully saturated rings. The van der Waals surface area contributed by atoms with Gasteiger partial charge in [-0.15, -0.1) is 11.6 Å². The Hall–Kier alpha value is -0.280. The van der Waals surface area contributed by atoms with Gasteiger partial charge in [-0.2, -0.15) is 0 Å². The lowest BCUT2D eigenvalue weighted by atomic mass is 9.56. The molecule has 0 aliphatic heterocycles. The summed E-state index contributed by atoms with van der Waals surface area (Å²) < 4.78 is 5.24. The number of fused-ring (bicyclic) bond motifs is 1. The van der Waals surface area contributed by atoms with Crippen molar-refractivity contribution < 1.29 is 14.6 Å². The van der Waals surface area contributed by atoms with Crippen molar-refractivity contribution in [2.75, 3.05) is 0 Å². The monoisotopic (exact) mass is 260 g/mol. The molecule has 0 radical (unpaired) electrons. The first kappa shape index (κ1) is 13.2. The van der Waals surface area contributed by atoms with Crippen molar-refractivity contribution in [3.63, 3.8) is 0 Å². The van der Waals surface area contributed by atoms with E-state index in [0.717, 1.165) is 32.1 Å². The molecule has 0 aromatic heterocycles. The zero-order valence-electron chi connectivity index (χ0n) is 10.5. The van der Waals surface area contributed by atoms with Crippen LogP contribution < -0.4 is 0 Å². The van der Waals surface area contributed by atoms with Gasteiger partial charge < -0.3 is 9.84 Å². The van der Waals surface area contributed by atoms with Crippen LogP contribution >= 0.6 is 11.6 Å². The molecule has 4 unspecified atom stereocenters. The number of halogens is 1. The van der Waals surface area contributed by atoms with Crippen molar-refractivity contribution in [3.8, 4) is 0 Å². The first-order valence-corrected chi connectivity index (χ1v) is 6.85. The SMILES string of the molecule is CC(=O)OC1CCC2(C)CCCC(Cl)C2(O)C1. The molecule has 4 heteroatoms. The first-order valence-electron chi connectivity index (χ1n) is 6.41. The molecule has 2 rings (SSSR count). The van der Waals surface area contributed by atoms with Crippen molar-refractivity contribution in [1.82, 2.24) is 0 Å². The van der Waals surface area contributed by atoms with Crippen molar-refractivity contribution in [1.29, 1.82) is 0 Å². The third-order valence-corrected chi connectivity index (χ3v) is 5.22. The van der Waals surface area contributed by atoms with Crippen LogP contribution in [0.1, 0.15) is 52.4 Å². The van der Waals surface area contributed by atoms with E-state index < -0.39 is 5.60 Å². The molecule has 4 atom stereocenters. The molecule has 3 nitrogen and oxygen atoms in total. The zero-order chi connectivity index (χ0) is 12.7. The third kappa shape index (κ3) is 2.19. The normalized spacial score (nSPS) is 46.1. The van der Waals surface area contributed by atoms with Gasteiger partial charge in [0, 0.05) is 13.3 Å². The fraction of sp³-hybridized carbons (Fsp3) is 0.923. The summed E-state index contributed by atoms with van der Waals surface area (Å²) in [4.78, 5) is 11.0. The summed E-state index contributed by atoms with van der Waals surface area (Å²) in [5, 5.41) is 10.7. The Morgan fingerprint density at radius 2 is 2.12 bits per heavy atom. The molecule has 0 aromatic rings. The van der Waals surface area contributed by atoms with Gasteiger partial charge >= 0.3 is 5.97 Å². The minimum Gasteiger partial charge on any atom is -0.462 e. The molecule has 17 heavy (non-hydrogen) atoms. The van der Waals surface area contributed by atoms with Gasteiger partial charge in [0.1, 0.15) is 6.10 Å². The summed E-state index contributed by atoms with van der Waals surface area (Å²) in [5.74, 6) is -0.274. The number of rotatable bonds is 1. The van der Waals surface area contributed by atoms with E-state index >= 15 is 0 Å². The number of aliphatic hydroxyl groups is 1. The number of carbonyl (C=O) groups excluding carboxylic acids is 1. The van der Waals surface area contributed by atoms with E-state index in [9.17, 15) is 9.90 Å². The number of hydrogen-bond donors (Lipinski definition) is 1. The second kappa shape index (κ2) is 4.43. The molecule has 98 valence electrons. The molecule has 0 heterocycles. The molecule has 2 saturated carbocycles. The number of carbonyl (C=O) groups is 1. The number of alkyl halides is 1. The van der Waals surface area contributed by atoms with Crippen LogP contribution in [0.4, 0.5) is 0 Å². The highest BCUT2D eigenvalue weighted by atomic mass is 35.5. The third-order valence-electron chi connectivity index (χ3n) is 4.64. The maximum absolute atomic E-state index is 11.0. The van der Waals surface area contributed by atoms with E-state index in [-0.39, 0.29) is 22.9 Å². The Labute approximate surface area is 107 Å². The standard InChI is InChI=1S/C13H21ClO3/c1-9(15)17-10-5-7-12(2)6-3-4-11(14)13(12,16)8-10/h10-11,16H,3-8H2,1-2H3. The molecule has 2 aliphatic carbocycles. The molecule has 0 saturated heterocycles. The summed E-state index contributed by atoms with van der Waals surface area (Å²) in [6.45, 7) is 3.53. The number of esters is 1. The number of ether oxygens (including phenoxy) is 1. The highest BCUT2D eigenvalue weighted by Crippen LogP contribution is 2.54. The van der Waals surface area contributed by atoms with Crippen LogP contribution in [-0.2, 0) is 9.53 Å². The smallest absolute Gasteiger partial charge is 0.302 e. The Morgan fingerprint density at radius 1 is 1.41 bits per heavy atom. The Bertz CT molecular complexity index is 320. The van der Waals surface area contributed by atoms with Crippen LogP contribution in [-0.4, -0.2) is 28.2 Å². The molecule has 0 bridgehead atoms. The van der Waals surface area contributed by atoms with Gasteiger partial charge in [0.2, 0.25) is 0 Å². The highest BCUT2D eigenvalue weighted by molar-refractivity contribution is 6.21. The van der Waals surface area contributed by atoms with Gasteiger partial charge in [-0.05, 0) is 31.1 Å². The Kier molecular flexibility index (Phi) is 3.43. The van der Waals surface area contributed by atoms with Crippen LogP contribution in [0, 0.1) is 5.41 Å². The van der Waals surface area contributed by atoms with Crippen molar-refractivity contribution in [3.05, 3.63) is 0 Å². The van der Waals surface area contributed by atoms with E-state index in [4.69, 9.17) is 16.3 Å².